The molecule has 1 aromatic carbocycles. The molecule has 3 aromatic rings. The molecule has 3 rings (SSSR count). The van der Waals surface area contributed by atoms with Crippen LogP contribution in [0, 0.1) is 0 Å². The summed E-state index contributed by atoms with van der Waals surface area (Å²) in [5.74, 6) is 2.10. The fourth-order valence-electron chi connectivity index (χ4n) is 3.57. The maximum atomic E-state index is 9.64. The number of rotatable bonds is 11. The highest BCUT2D eigenvalue weighted by Gasteiger charge is 2.18. The number of nitrogens with one attached hydrogen (secondary N) is 2. The second-order valence-corrected chi connectivity index (χ2v) is 7.31. The summed E-state index contributed by atoms with van der Waals surface area (Å²) in [6, 6.07) is 3.84. The van der Waals surface area contributed by atoms with Crippen LogP contribution in [0.25, 0.3) is 11.0 Å². The summed E-state index contributed by atoms with van der Waals surface area (Å²) in [6.07, 6.45) is 3.54. The lowest BCUT2D eigenvalue weighted by Crippen LogP contribution is -2.24. The Labute approximate surface area is 181 Å². The Morgan fingerprint density at radius 3 is 2.48 bits per heavy atom. The average Bonchev–Trinajstić information content (AvgIpc) is 3.16. The first-order chi connectivity index (χ1) is 15.0. The number of nitrogen functional groups attached to an aromatic ring is 1. The van der Waals surface area contributed by atoms with Crippen LogP contribution < -0.4 is 25.8 Å². The Balaban J connectivity index is 1.98. The van der Waals surface area contributed by atoms with Crippen LogP contribution in [0.2, 0.25) is 0 Å². The second-order valence-electron chi connectivity index (χ2n) is 7.31. The molecular weight excluding hydrogens is 398 g/mol. The first-order valence-corrected chi connectivity index (χ1v) is 10.3. The normalized spacial score (nSPS) is 12.2. The van der Waals surface area contributed by atoms with Gasteiger partial charge in [-0.05, 0) is 31.2 Å². The van der Waals surface area contributed by atoms with E-state index < -0.39 is 0 Å². The fourth-order valence-corrected chi connectivity index (χ4v) is 3.57. The Bertz CT molecular complexity index is 997. The Hall–Kier alpha value is -3.11. The van der Waals surface area contributed by atoms with Gasteiger partial charge in [-0.15, -0.1) is 0 Å². The van der Waals surface area contributed by atoms with Crippen molar-refractivity contribution in [3.63, 3.8) is 0 Å². The second kappa shape index (κ2) is 10.3. The van der Waals surface area contributed by atoms with E-state index in [9.17, 15) is 5.11 Å². The molecule has 31 heavy (non-hydrogen) atoms. The summed E-state index contributed by atoms with van der Waals surface area (Å²) >= 11 is 0. The summed E-state index contributed by atoms with van der Waals surface area (Å²) in [4.78, 5) is 8.61. The van der Waals surface area contributed by atoms with Gasteiger partial charge in [0.25, 0.3) is 0 Å². The van der Waals surface area contributed by atoms with E-state index in [-0.39, 0.29) is 18.6 Å². The molecular formula is C21H31N7O3. The van der Waals surface area contributed by atoms with Crippen LogP contribution in [0.1, 0.15) is 30.9 Å². The topological polar surface area (TPSA) is 132 Å². The van der Waals surface area contributed by atoms with Gasteiger partial charge in [0.2, 0.25) is 5.95 Å². The molecule has 168 valence electrons. The molecule has 10 nitrogen and oxygen atoms in total. The number of methoxy groups -OCH3 is 2. The molecule has 0 fully saturated rings. The molecule has 0 saturated heterocycles. The average molecular weight is 430 g/mol. The molecule has 0 aliphatic rings. The molecule has 0 aliphatic carbocycles. The molecule has 0 bridgehead atoms. The van der Waals surface area contributed by atoms with E-state index >= 15 is 0 Å². The largest absolute Gasteiger partial charge is 0.496 e. The van der Waals surface area contributed by atoms with E-state index in [0.717, 1.165) is 35.5 Å². The van der Waals surface area contributed by atoms with E-state index in [1.807, 2.05) is 25.4 Å². The van der Waals surface area contributed by atoms with Gasteiger partial charge in [0.1, 0.15) is 17.0 Å². The lowest BCUT2D eigenvalue weighted by atomic mass is 10.1. The molecule has 0 amide bonds. The standard InChI is InChI=1S/C21H31N7O3/c1-5-6-14(12-29)24-20-19-16(25-21(22)26-20)11-28(27-19)10-15-17(30-3)7-13(9-23-2)8-18(15)31-4/h7-8,11,14,23,29H,5-6,9-10,12H2,1-4H3,(H3,22,24,25,26)/t14-/m0/s1. The van der Waals surface area contributed by atoms with Crippen molar-refractivity contribution in [1.29, 1.82) is 0 Å². The molecule has 10 heteroatoms. The molecule has 0 saturated carbocycles. The van der Waals surface area contributed by atoms with Crippen molar-refractivity contribution in [1.82, 2.24) is 25.1 Å². The Kier molecular flexibility index (Phi) is 7.48. The fraction of sp³-hybridized carbons (Fsp3) is 0.476. The number of benzene rings is 1. The van der Waals surface area contributed by atoms with Crippen molar-refractivity contribution in [3.8, 4) is 11.5 Å². The number of anilines is 2. The van der Waals surface area contributed by atoms with Crippen LogP contribution >= 0.6 is 0 Å². The third-order valence-corrected chi connectivity index (χ3v) is 5.00. The summed E-state index contributed by atoms with van der Waals surface area (Å²) < 4.78 is 13.0. The summed E-state index contributed by atoms with van der Waals surface area (Å²) in [7, 11) is 5.17. The number of fused-ring (bicyclic) bond motifs is 1. The van der Waals surface area contributed by atoms with Crippen molar-refractivity contribution >= 4 is 22.8 Å². The van der Waals surface area contributed by atoms with Crippen molar-refractivity contribution in [2.75, 3.05) is 38.9 Å². The highest BCUT2D eigenvalue weighted by Crippen LogP contribution is 2.32. The highest BCUT2D eigenvalue weighted by molar-refractivity contribution is 5.86. The van der Waals surface area contributed by atoms with Crippen molar-refractivity contribution in [2.24, 2.45) is 0 Å². The summed E-state index contributed by atoms with van der Waals surface area (Å²) in [5, 5.41) is 20.7. The van der Waals surface area contributed by atoms with Gasteiger partial charge in [-0.1, -0.05) is 13.3 Å². The number of hydrogen-bond donors (Lipinski definition) is 4. The summed E-state index contributed by atoms with van der Waals surface area (Å²) in [5.41, 5.74) is 9.04. The van der Waals surface area contributed by atoms with E-state index in [0.29, 0.717) is 29.9 Å². The van der Waals surface area contributed by atoms with Gasteiger partial charge in [0, 0.05) is 6.54 Å². The first-order valence-electron chi connectivity index (χ1n) is 10.3. The number of nitrogens with two attached hydrogens (primary N) is 1. The molecule has 0 radical (unpaired) electrons. The van der Waals surface area contributed by atoms with Crippen LogP contribution in [0.4, 0.5) is 11.8 Å². The third-order valence-electron chi connectivity index (χ3n) is 5.00. The molecule has 1 atom stereocenters. The van der Waals surface area contributed by atoms with Crippen molar-refractivity contribution in [3.05, 3.63) is 29.5 Å². The highest BCUT2D eigenvalue weighted by atomic mass is 16.5. The smallest absolute Gasteiger partial charge is 0.222 e. The van der Waals surface area contributed by atoms with Gasteiger partial charge in [0.15, 0.2) is 11.3 Å². The van der Waals surface area contributed by atoms with Crippen LogP contribution in [-0.2, 0) is 13.1 Å². The van der Waals surface area contributed by atoms with Gasteiger partial charge >= 0.3 is 0 Å². The minimum absolute atomic E-state index is 0.00663. The minimum atomic E-state index is -0.132. The molecule has 2 aromatic heterocycles. The molecule has 5 N–H and O–H groups in total. The van der Waals surface area contributed by atoms with Crippen LogP contribution in [0.5, 0.6) is 11.5 Å². The van der Waals surface area contributed by atoms with Crippen LogP contribution in [0.15, 0.2) is 18.3 Å². The lowest BCUT2D eigenvalue weighted by Gasteiger charge is -2.16. The predicted octanol–water partition coefficient (Wildman–Crippen LogP) is 1.77. The van der Waals surface area contributed by atoms with E-state index in [2.05, 4.69) is 32.6 Å². The zero-order chi connectivity index (χ0) is 22.4. The summed E-state index contributed by atoms with van der Waals surface area (Å²) in [6.45, 7) is 3.17. The molecule has 2 heterocycles. The number of nitrogens with zero attached hydrogens (tertiary/aromatic N) is 4. The van der Waals surface area contributed by atoms with Crippen LogP contribution in [-0.4, -0.2) is 58.8 Å². The van der Waals surface area contributed by atoms with Gasteiger partial charge < -0.3 is 30.9 Å². The van der Waals surface area contributed by atoms with Gasteiger partial charge in [-0.25, -0.2) is 4.98 Å². The molecule has 0 aliphatic heterocycles. The maximum Gasteiger partial charge on any atom is 0.222 e. The zero-order valence-corrected chi connectivity index (χ0v) is 18.5. The number of hydrogen-bond acceptors (Lipinski definition) is 9. The zero-order valence-electron chi connectivity index (χ0n) is 18.5. The minimum Gasteiger partial charge on any atom is -0.496 e. The maximum absolute atomic E-state index is 9.64. The van der Waals surface area contributed by atoms with Crippen molar-refractivity contribution < 1.29 is 14.6 Å². The number of aromatic nitrogens is 4. The number of ether oxygens (including phenoxy) is 2. The third kappa shape index (κ3) is 5.15. The molecule has 0 unspecified atom stereocenters. The quantitative estimate of drug-likeness (QED) is 0.360. The van der Waals surface area contributed by atoms with Gasteiger partial charge in [-0.3, -0.25) is 4.68 Å². The first kappa shape index (κ1) is 22.6. The predicted molar refractivity (Wildman–Crippen MR) is 121 cm³/mol. The number of aliphatic hydroxyl groups excluding tert-OH is 1. The van der Waals surface area contributed by atoms with Gasteiger partial charge in [0.05, 0.1) is 45.2 Å². The Morgan fingerprint density at radius 1 is 1.19 bits per heavy atom. The van der Waals surface area contributed by atoms with E-state index in [1.54, 1.807) is 18.9 Å². The van der Waals surface area contributed by atoms with E-state index in [4.69, 9.17) is 15.2 Å². The van der Waals surface area contributed by atoms with Crippen molar-refractivity contribution in [2.45, 2.75) is 38.9 Å². The monoisotopic (exact) mass is 429 g/mol. The Morgan fingerprint density at radius 2 is 1.90 bits per heavy atom. The van der Waals surface area contributed by atoms with Gasteiger partial charge in [-0.2, -0.15) is 10.1 Å². The molecule has 0 spiro atoms. The van der Waals surface area contributed by atoms with Crippen LogP contribution in [0.3, 0.4) is 0 Å². The lowest BCUT2D eigenvalue weighted by molar-refractivity contribution is 0.268. The number of aliphatic hydroxyl groups is 1. The van der Waals surface area contributed by atoms with E-state index in [1.165, 1.54) is 0 Å². The SMILES string of the molecule is CCC[C@@H](CO)Nc1nc(N)nc2cn(Cc3c(OC)cc(CNC)cc3OC)nc12.